The van der Waals surface area contributed by atoms with Crippen molar-refractivity contribution < 1.29 is 39.5 Å². The van der Waals surface area contributed by atoms with Crippen molar-refractivity contribution in [1.29, 1.82) is 0 Å². The Morgan fingerprint density at radius 2 is 1.62 bits per heavy atom. The van der Waals surface area contributed by atoms with Gasteiger partial charge in [-0.2, -0.15) is 0 Å². The lowest BCUT2D eigenvalue weighted by molar-refractivity contribution is -0.289. The molecule has 5 aliphatic carbocycles. The van der Waals surface area contributed by atoms with Crippen LogP contribution in [0.2, 0.25) is 0 Å². The summed E-state index contributed by atoms with van der Waals surface area (Å²) in [7, 11) is 1.47. The highest BCUT2D eigenvalue weighted by Crippen LogP contribution is 2.77. The largest absolute Gasteiger partial charge is 0.504 e. The van der Waals surface area contributed by atoms with E-state index in [9.17, 15) is 30.0 Å². The Morgan fingerprint density at radius 1 is 0.917 bits per heavy atom. The number of phenols is 1. The summed E-state index contributed by atoms with van der Waals surface area (Å²) in [6.07, 6.45) is 8.59. The first-order valence-electron chi connectivity index (χ1n) is 18.2. The first kappa shape index (κ1) is 35.3. The van der Waals surface area contributed by atoms with Crippen LogP contribution < -0.4 is 4.74 Å². The van der Waals surface area contributed by atoms with Gasteiger partial charge in [0.2, 0.25) is 0 Å². The molecule has 5 aliphatic rings. The van der Waals surface area contributed by atoms with E-state index in [1.54, 1.807) is 18.2 Å². The zero-order valence-corrected chi connectivity index (χ0v) is 30.2. The SMILES string of the molecule is COc1cc(/C=C/C(=O)O[C@H]2[C@H](O)C[C@]3(C)[C@H]4CC[C@@]5(C)[C@H]6[C@](C(=O)O)(CC[C@@H](C)[C@@]6(C)O)CC[C@]5(C)[C@H]4CC[C@H]3C2(C)C)ccc1O. The summed E-state index contributed by atoms with van der Waals surface area (Å²) in [5.41, 5.74) is -2.42. The Hall–Kier alpha value is -2.58. The third kappa shape index (κ3) is 4.81. The van der Waals surface area contributed by atoms with Crippen LogP contribution in [0.3, 0.4) is 0 Å². The molecular weight excluding hydrogens is 608 g/mol. The van der Waals surface area contributed by atoms with E-state index in [1.165, 1.54) is 19.3 Å². The quantitative estimate of drug-likeness (QED) is 0.191. The fourth-order valence-electron chi connectivity index (χ4n) is 13.2. The smallest absolute Gasteiger partial charge is 0.331 e. The molecular formula is C40H58O8. The molecule has 0 unspecified atom stereocenters. The number of aliphatic hydroxyl groups is 2. The number of aliphatic carboxylic acids is 1. The van der Waals surface area contributed by atoms with Gasteiger partial charge in [0.1, 0.15) is 6.10 Å². The number of benzene rings is 1. The van der Waals surface area contributed by atoms with Crippen molar-refractivity contribution in [3.05, 3.63) is 29.8 Å². The van der Waals surface area contributed by atoms with Crippen LogP contribution in [0.4, 0.5) is 0 Å². The summed E-state index contributed by atoms with van der Waals surface area (Å²) in [6, 6.07) is 4.84. The molecule has 0 saturated heterocycles. The molecule has 0 heterocycles. The van der Waals surface area contributed by atoms with Crippen molar-refractivity contribution in [1.82, 2.24) is 0 Å². The molecule has 0 aromatic heterocycles. The maximum absolute atomic E-state index is 13.1. The Morgan fingerprint density at radius 3 is 2.29 bits per heavy atom. The van der Waals surface area contributed by atoms with Gasteiger partial charge in [-0.15, -0.1) is 0 Å². The highest BCUT2D eigenvalue weighted by Gasteiger charge is 2.74. The number of fused-ring (bicyclic) bond motifs is 7. The van der Waals surface area contributed by atoms with E-state index in [2.05, 4.69) is 41.5 Å². The van der Waals surface area contributed by atoms with E-state index < -0.39 is 40.6 Å². The van der Waals surface area contributed by atoms with Gasteiger partial charge in [-0.05, 0) is 128 Å². The number of aliphatic hydroxyl groups excluding tert-OH is 1. The molecule has 0 spiro atoms. The standard InChI is InChI=1S/C40H58O8/c1-23-15-18-40(34(44)45)20-19-37(5)26-11-13-30-35(2,3)32(48-31(43)14-10-24-9-12-27(41)29(21-24)47-8)28(42)22-36(30,4)25(26)16-17-38(37,6)33(40)39(23,7)46/h9-10,12,14,21,23,25-26,28,30,32-33,41-42,46H,11,13,15-20,22H2,1-8H3,(H,44,45)/b14-10+/t23-,25+,26+,28-,30+,32+,33-,36-,37-,38+,39-,40+/m1/s1. The number of carbonyl (C=O) groups excluding carboxylic acids is 1. The van der Waals surface area contributed by atoms with Crippen LogP contribution in [0, 0.1) is 56.7 Å². The number of methoxy groups -OCH3 is 1. The van der Waals surface area contributed by atoms with E-state index in [1.807, 2.05) is 6.92 Å². The fourth-order valence-corrected chi connectivity index (χ4v) is 13.2. The van der Waals surface area contributed by atoms with Crippen molar-refractivity contribution in [2.24, 2.45) is 56.7 Å². The minimum absolute atomic E-state index is 0.0194. The van der Waals surface area contributed by atoms with Crippen molar-refractivity contribution in [3.63, 3.8) is 0 Å². The molecule has 8 nitrogen and oxygen atoms in total. The van der Waals surface area contributed by atoms with Crippen LogP contribution in [0.25, 0.3) is 6.08 Å². The van der Waals surface area contributed by atoms with Gasteiger partial charge in [-0.25, -0.2) is 4.79 Å². The van der Waals surface area contributed by atoms with E-state index in [4.69, 9.17) is 9.47 Å². The fraction of sp³-hybridized carbons (Fsp3) is 0.750. The molecule has 12 atom stereocenters. The summed E-state index contributed by atoms with van der Waals surface area (Å²) in [5.74, 6) is -0.293. The van der Waals surface area contributed by atoms with Crippen molar-refractivity contribution in [3.8, 4) is 11.5 Å². The van der Waals surface area contributed by atoms with Crippen LogP contribution in [0.1, 0.15) is 112 Å². The summed E-state index contributed by atoms with van der Waals surface area (Å²) in [6.45, 7) is 15.4. The third-order valence-electron chi connectivity index (χ3n) is 15.8. The Balaban J connectivity index is 1.26. The van der Waals surface area contributed by atoms with E-state index in [-0.39, 0.29) is 39.7 Å². The number of carbonyl (C=O) groups is 2. The molecule has 48 heavy (non-hydrogen) atoms. The van der Waals surface area contributed by atoms with Gasteiger partial charge in [0.25, 0.3) is 0 Å². The average Bonchev–Trinajstić information content (AvgIpc) is 3.00. The summed E-state index contributed by atoms with van der Waals surface area (Å²) >= 11 is 0. The second kappa shape index (κ2) is 11.5. The highest BCUT2D eigenvalue weighted by atomic mass is 16.6. The van der Waals surface area contributed by atoms with Gasteiger partial charge in [0.15, 0.2) is 11.5 Å². The second-order valence-corrected chi connectivity index (χ2v) is 18.0. The topological polar surface area (TPSA) is 134 Å². The lowest BCUT2D eigenvalue weighted by Gasteiger charge is -2.74. The zero-order chi connectivity index (χ0) is 35.2. The van der Waals surface area contributed by atoms with Crippen LogP contribution in [0.5, 0.6) is 11.5 Å². The molecule has 0 amide bonds. The van der Waals surface area contributed by atoms with Crippen LogP contribution >= 0.6 is 0 Å². The lowest BCUT2D eigenvalue weighted by Crippen LogP contribution is -2.72. The molecule has 0 radical (unpaired) electrons. The van der Waals surface area contributed by atoms with E-state index >= 15 is 0 Å². The number of hydrogen-bond acceptors (Lipinski definition) is 7. The third-order valence-corrected chi connectivity index (χ3v) is 15.8. The molecule has 1 aromatic rings. The molecule has 4 N–H and O–H groups in total. The molecule has 0 aliphatic heterocycles. The number of phenolic OH excluding ortho intramolecular Hbond substituents is 1. The average molecular weight is 667 g/mol. The van der Waals surface area contributed by atoms with Crippen LogP contribution in [-0.4, -0.2) is 57.3 Å². The maximum atomic E-state index is 13.1. The van der Waals surface area contributed by atoms with Crippen LogP contribution in [-0.2, 0) is 14.3 Å². The summed E-state index contributed by atoms with van der Waals surface area (Å²) in [5, 5.41) is 44.6. The second-order valence-electron chi connectivity index (χ2n) is 18.0. The predicted octanol–water partition coefficient (Wildman–Crippen LogP) is 7.23. The van der Waals surface area contributed by atoms with Gasteiger partial charge in [0, 0.05) is 17.4 Å². The molecule has 6 rings (SSSR count). The van der Waals surface area contributed by atoms with Crippen molar-refractivity contribution >= 4 is 18.0 Å². The first-order chi connectivity index (χ1) is 22.3. The Labute approximate surface area is 286 Å². The van der Waals surface area contributed by atoms with Crippen molar-refractivity contribution in [2.45, 2.75) is 124 Å². The monoisotopic (exact) mass is 666 g/mol. The predicted molar refractivity (Wildman–Crippen MR) is 183 cm³/mol. The van der Waals surface area contributed by atoms with Crippen molar-refractivity contribution in [2.75, 3.05) is 7.11 Å². The molecule has 5 saturated carbocycles. The Kier molecular flexibility index (Phi) is 8.43. The van der Waals surface area contributed by atoms with Crippen LogP contribution in [0.15, 0.2) is 24.3 Å². The van der Waals surface area contributed by atoms with Gasteiger partial charge in [-0.1, -0.05) is 47.6 Å². The molecule has 1 aromatic carbocycles. The number of hydrogen-bond donors (Lipinski definition) is 4. The number of carboxylic acid groups (broad SMARTS) is 1. The Bertz CT molecular complexity index is 1480. The van der Waals surface area contributed by atoms with Gasteiger partial charge in [-0.3, -0.25) is 4.79 Å². The molecule has 0 bridgehead atoms. The zero-order valence-electron chi connectivity index (χ0n) is 30.2. The maximum Gasteiger partial charge on any atom is 0.331 e. The summed E-state index contributed by atoms with van der Waals surface area (Å²) < 4.78 is 11.2. The minimum atomic E-state index is -1.07. The van der Waals surface area contributed by atoms with Gasteiger partial charge < -0.3 is 29.9 Å². The van der Waals surface area contributed by atoms with Gasteiger partial charge >= 0.3 is 11.9 Å². The molecule has 266 valence electrons. The van der Waals surface area contributed by atoms with E-state index in [0.29, 0.717) is 42.4 Å². The molecule has 5 fully saturated rings. The first-order valence-corrected chi connectivity index (χ1v) is 18.2. The minimum Gasteiger partial charge on any atom is -0.504 e. The lowest BCUT2D eigenvalue weighted by atomic mass is 9.30. The number of carboxylic acids is 1. The summed E-state index contributed by atoms with van der Waals surface area (Å²) in [4.78, 5) is 26.3. The molecule has 8 heteroatoms. The van der Waals surface area contributed by atoms with E-state index in [0.717, 1.165) is 38.5 Å². The number of aromatic hydroxyl groups is 1. The number of ether oxygens (including phenoxy) is 2. The van der Waals surface area contributed by atoms with Gasteiger partial charge in [0.05, 0.1) is 24.2 Å². The number of esters is 1. The number of rotatable bonds is 5. The highest BCUT2D eigenvalue weighted by molar-refractivity contribution is 5.87. The normalized spacial score (nSPS) is 46.4.